The Kier molecular flexibility index (Phi) is 6.19. The van der Waals surface area contributed by atoms with Crippen molar-refractivity contribution in [3.8, 4) is 0 Å². The summed E-state index contributed by atoms with van der Waals surface area (Å²) in [7, 11) is 0. The zero-order chi connectivity index (χ0) is 23.7. The van der Waals surface area contributed by atoms with Gasteiger partial charge >= 0.3 is 0 Å². The number of ketones is 1. The summed E-state index contributed by atoms with van der Waals surface area (Å²) in [4.78, 5) is 47.1. The Morgan fingerprint density at radius 2 is 1.85 bits per heavy atom. The van der Waals surface area contributed by atoms with Gasteiger partial charge in [-0.1, -0.05) is 0 Å². The maximum atomic E-state index is 13.4. The summed E-state index contributed by atoms with van der Waals surface area (Å²) >= 11 is 1.44. The Morgan fingerprint density at radius 3 is 2.53 bits per heavy atom. The van der Waals surface area contributed by atoms with Crippen LogP contribution in [-0.2, 0) is 11.2 Å². The molecule has 3 aromatic rings. The second kappa shape index (κ2) is 9.42. The molecule has 3 heterocycles. The third-order valence-corrected chi connectivity index (χ3v) is 7.49. The number of nitrogens with one attached hydrogen (secondary N) is 1. The van der Waals surface area contributed by atoms with E-state index in [0.29, 0.717) is 23.8 Å². The van der Waals surface area contributed by atoms with Crippen molar-refractivity contribution in [2.45, 2.75) is 32.1 Å². The molecule has 1 fully saturated rings. The van der Waals surface area contributed by atoms with Gasteiger partial charge in [-0.05, 0) is 62.6 Å². The number of aryl methyl sites for hydroxylation is 1. The Hall–Kier alpha value is -3.46. The lowest BCUT2D eigenvalue weighted by molar-refractivity contribution is -0.133. The van der Waals surface area contributed by atoms with Gasteiger partial charge in [0.25, 0.3) is 5.91 Å². The fraction of sp³-hybridized carbons (Fsp3) is 0.360. The highest BCUT2D eigenvalue weighted by Crippen LogP contribution is 2.38. The van der Waals surface area contributed by atoms with Crippen molar-refractivity contribution in [3.63, 3.8) is 0 Å². The SMILES string of the molecule is CC(=O)c1ccc(N2CCN(C(=O)C3CCCc4sc(NC(=O)c5ccco5)nc43)CC2)cc1. The number of carbonyl (C=O) groups excluding carboxylic acids is 3. The number of amides is 2. The third kappa shape index (κ3) is 4.48. The molecule has 176 valence electrons. The van der Waals surface area contributed by atoms with Crippen molar-refractivity contribution in [1.82, 2.24) is 9.88 Å². The minimum absolute atomic E-state index is 0.0551. The number of hydrogen-bond acceptors (Lipinski definition) is 7. The van der Waals surface area contributed by atoms with E-state index < -0.39 is 0 Å². The molecule has 1 atom stereocenters. The monoisotopic (exact) mass is 478 g/mol. The van der Waals surface area contributed by atoms with Crippen molar-refractivity contribution in [1.29, 1.82) is 0 Å². The second-order valence-electron chi connectivity index (χ2n) is 8.62. The molecule has 2 amide bonds. The van der Waals surface area contributed by atoms with E-state index in [-0.39, 0.29) is 29.3 Å². The molecule has 2 aliphatic rings. The molecule has 1 N–H and O–H groups in total. The summed E-state index contributed by atoms with van der Waals surface area (Å²) in [6, 6.07) is 10.9. The smallest absolute Gasteiger partial charge is 0.293 e. The Bertz CT molecular complexity index is 1190. The van der Waals surface area contributed by atoms with E-state index in [1.54, 1.807) is 19.1 Å². The van der Waals surface area contributed by atoms with Crippen LogP contribution >= 0.6 is 11.3 Å². The van der Waals surface area contributed by atoms with Gasteiger partial charge in [-0.25, -0.2) is 4.98 Å². The molecule has 1 unspecified atom stereocenters. The van der Waals surface area contributed by atoms with Gasteiger partial charge in [0.15, 0.2) is 16.7 Å². The summed E-state index contributed by atoms with van der Waals surface area (Å²) in [5.41, 5.74) is 2.57. The van der Waals surface area contributed by atoms with Crippen molar-refractivity contribution in [3.05, 3.63) is 64.6 Å². The molecule has 1 aromatic carbocycles. The molecular formula is C25H26N4O4S. The summed E-state index contributed by atoms with van der Waals surface area (Å²) in [5.74, 6) is -0.210. The van der Waals surface area contributed by atoms with Gasteiger partial charge in [0.2, 0.25) is 5.91 Å². The zero-order valence-corrected chi connectivity index (χ0v) is 19.8. The first kappa shape index (κ1) is 22.3. The first-order valence-corrected chi connectivity index (χ1v) is 12.3. The first-order valence-electron chi connectivity index (χ1n) is 11.5. The van der Waals surface area contributed by atoms with Crippen molar-refractivity contribution < 1.29 is 18.8 Å². The number of carbonyl (C=O) groups is 3. The normalized spacial score (nSPS) is 17.9. The van der Waals surface area contributed by atoms with Gasteiger partial charge in [-0.3, -0.25) is 19.7 Å². The van der Waals surface area contributed by atoms with Gasteiger partial charge < -0.3 is 14.2 Å². The molecule has 0 spiro atoms. The van der Waals surface area contributed by atoms with Crippen LogP contribution in [0.25, 0.3) is 0 Å². The average molecular weight is 479 g/mol. The largest absolute Gasteiger partial charge is 0.459 e. The van der Waals surface area contributed by atoms with Crippen LogP contribution in [0.3, 0.4) is 0 Å². The molecule has 2 aromatic heterocycles. The van der Waals surface area contributed by atoms with Gasteiger partial charge in [0, 0.05) is 42.3 Å². The summed E-state index contributed by atoms with van der Waals surface area (Å²) in [6.45, 7) is 4.34. The minimum atomic E-state index is -0.341. The molecule has 5 rings (SSSR count). The number of anilines is 2. The molecule has 1 aliphatic carbocycles. The fourth-order valence-electron chi connectivity index (χ4n) is 4.59. The standard InChI is InChI=1S/C25H26N4O4S/c1-16(30)17-7-9-18(10-8-17)28-11-13-29(14-12-28)24(32)19-4-2-6-21-22(19)26-25(34-21)27-23(31)20-5-3-15-33-20/h3,5,7-10,15,19H,2,4,6,11-14H2,1H3,(H,26,27,31). The number of aromatic nitrogens is 1. The van der Waals surface area contributed by atoms with E-state index in [0.717, 1.165) is 48.6 Å². The van der Waals surface area contributed by atoms with Crippen LogP contribution in [0.15, 0.2) is 47.1 Å². The molecule has 9 heteroatoms. The van der Waals surface area contributed by atoms with E-state index in [4.69, 9.17) is 4.42 Å². The van der Waals surface area contributed by atoms with Gasteiger partial charge in [-0.15, -0.1) is 11.3 Å². The van der Waals surface area contributed by atoms with Crippen molar-refractivity contribution in [2.75, 3.05) is 36.4 Å². The summed E-state index contributed by atoms with van der Waals surface area (Å²) < 4.78 is 5.15. The van der Waals surface area contributed by atoms with Crippen molar-refractivity contribution in [2.24, 2.45) is 0 Å². The molecule has 0 bridgehead atoms. The molecule has 0 radical (unpaired) electrons. The number of hydrogen-bond donors (Lipinski definition) is 1. The summed E-state index contributed by atoms with van der Waals surface area (Å²) in [5, 5.41) is 3.30. The second-order valence-corrected chi connectivity index (χ2v) is 9.70. The number of piperazine rings is 1. The summed E-state index contributed by atoms with van der Waals surface area (Å²) in [6.07, 6.45) is 4.03. The highest BCUT2D eigenvalue weighted by molar-refractivity contribution is 7.15. The van der Waals surface area contributed by atoms with Gasteiger partial charge in [0.1, 0.15) is 0 Å². The molecule has 8 nitrogen and oxygen atoms in total. The quantitative estimate of drug-likeness (QED) is 0.558. The van der Waals surface area contributed by atoms with Crippen LogP contribution in [0, 0.1) is 0 Å². The minimum Gasteiger partial charge on any atom is -0.459 e. The number of Topliss-reactive ketones (excluding diaryl/α,β-unsaturated/α-hetero) is 1. The van der Waals surface area contributed by atoms with Crippen LogP contribution in [0.5, 0.6) is 0 Å². The van der Waals surface area contributed by atoms with Crippen LogP contribution in [0.4, 0.5) is 10.8 Å². The molecule has 0 saturated carbocycles. The Morgan fingerprint density at radius 1 is 1.09 bits per heavy atom. The van der Waals surface area contributed by atoms with E-state index in [1.165, 1.54) is 17.6 Å². The van der Waals surface area contributed by atoms with E-state index in [1.807, 2.05) is 29.2 Å². The molecule has 1 saturated heterocycles. The van der Waals surface area contributed by atoms with Crippen molar-refractivity contribution >= 4 is 39.8 Å². The number of benzene rings is 1. The van der Waals surface area contributed by atoms with E-state index in [2.05, 4.69) is 15.2 Å². The number of furan rings is 1. The third-order valence-electron chi connectivity index (χ3n) is 6.45. The number of thiazole rings is 1. The predicted molar refractivity (Wildman–Crippen MR) is 130 cm³/mol. The van der Waals surface area contributed by atoms with E-state index >= 15 is 0 Å². The molecule has 34 heavy (non-hydrogen) atoms. The lowest BCUT2D eigenvalue weighted by Gasteiger charge is -2.38. The fourth-order valence-corrected chi connectivity index (χ4v) is 5.65. The van der Waals surface area contributed by atoms with E-state index in [9.17, 15) is 14.4 Å². The maximum Gasteiger partial charge on any atom is 0.293 e. The lowest BCUT2D eigenvalue weighted by atomic mass is 9.89. The Labute approximate surface area is 201 Å². The highest BCUT2D eigenvalue weighted by Gasteiger charge is 2.34. The topological polar surface area (TPSA) is 95.8 Å². The molecular weight excluding hydrogens is 452 g/mol. The Balaban J connectivity index is 1.23. The molecule has 1 aliphatic heterocycles. The number of nitrogens with zero attached hydrogens (tertiary/aromatic N) is 3. The predicted octanol–water partition coefficient (Wildman–Crippen LogP) is 3.96. The van der Waals surface area contributed by atoms with Crippen LogP contribution in [0.2, 0.25) is 0 Å². The number of fused-ring (bicyclic) bond motifs is 1. The zero-order valence-electron chi connectivity index (χ0n) is 19.0. The van der Waals surface area contributed by atoms with Crippen LogP contribution in [-0.4, -0.2) is 53.7 Å². The maximum absolute atomic E-state index is 13.4. The lowest BCUT2D eigenvalue weighted by Crippen LogP contribution is -2.50. The highest BCUT2D eigenvalue weighted by atomic mass is 32.1. The van der Waals surface area contributed by atoms with Crippen LogP contribution in [0.1, 0.15) is 57.2 Å². The first-order chi connectivity index (χ1) is 16.5. The van der Waals surface area contributed by atoms with Crippen LogP contribution < -0.4 is 10.2 Å². The van der Waals surface area contributed by atoms with Gasteiger partial charge in [0.05, 0.1) is 17.9 Å². The number of rotatable bonds is 5. The average Bonchev–Trinajstić information content (AvgIpc) is 3.53. The van der Waals surface area contributed by atoms with Gasteiger partial charge in [-0.2, -0.15) is 0 Å².